The Bertz CT molecular complexity index is 503. The lowest BCUT2D eigenvalue weighted by atomic mass is 9.79. The van der Waals surface area contributed by atoms with E-state index in [0.717, 1.165) is 0 Å². The van der Waals surface area contributed by atoms with Gasteiger partial charge in [0.05, 0.1) is 10.3 Å². The third-order valence-corrected chi connectivity index (χ3v) is 3.38. The van der Waals surface area contributed by atoms with Gasteiger partial charge in [-0.3, -0.25) is 14.9 Å². The standard InChI is InChI=1S/C13H16ClNO4/c1-3-6-13(2,12(16)17)8-9-4-5-10(14)7-11(9)15(18)19/h4-5,7H,3,6,8H2,1-2H3,(H,16,17). The summed E-state index contributed by atoms with van der Waals surface area (Å²) in [6, 6.07) is 4.32. The van der Waals surface area contributed by atoms with Crippen molar-refractivity contribution in [3.8, 4) is 0 Å². The van der Waals surface area contributed by atoms with Gasteiger partial charge in [-0.2, -0.15) is 0 Å². The molecule has 1 aromatic rings. The maximum absolute atomic E-state index is 11.4. The lowest BCUT2D eigenvalue weighted by Gasteiger charge is -2.24. The number of hydrogen-bond donors (Lipinski definition) is 1. The number of nitrogens with zero attached hydrogens (tertiary/aromatic N) is 1. The number of nitro groups is 1. The molecule has 0 aliphatic heterocycles. The van der Waals surface area contributed by atoms with Crippen LogP contribution in [0.2, 0.25) is 5.02 Å². The van der Waals surface area contributed by atoms with Crippen LogP contribution in [0.25, 0.3) is 0 Å². The average molecular weight is 286 g/mol. The molecule has 1 N–H and O–H groups in total. The first kappa shape index (κ1) is 15.4. The molecule has 104 valence electrons. The predicted octanol–water partition coefficient (Wildman–Crippen LogP) is 3.68. The fourth-order valence-corrected chi connectivity index (χ4v) is 2.27. The summed E-state index contributed by atoms with van der Waals surface area (Å²) in [5, 5.41) is 20.6. The number of aliphatic carboxylic acids is 1. The molecule has 0 amide bonds. The Morgan fingerprint density at radius 3 is 2.63 bits per heavy atom. The van der Waals surface area contributed by atoms with Gasteiger partial charge < -0.3 is 5.11 Å². The van der Waals surface area contributed by atoms with E-state index in [-0.39, 0.29) is 17.1 Å². The van der Waals surface area contributed by atoms with Crippen molar-refractivity contribution in [1.82, 2.24) is 0 Å². The number of carbonyl (C=O) groups is 1. The first-order valence-electron chi connectivity index (χ1n) is 5.96. The molecule has 0 saturated heterocycles. The highest BCUT2D eigenvalue weighted by molar-refractivity contribution is 6.30. The van der Waals surface area contributed by atoms with Crippen LogP contribution in [-0.2, 0) is 11.2 Å². The van der Waals surface area contributed by atoms with Crippen LogP contribution in [0.4, 0.5) is 5.69 Å². The van der Waals surface area contributed by atoms with E-state index in [0.29, 0.717) is 18.4 Å². The van der Waals surface area contributed by atoms with Crippen molar-refractivity contribution < 1.29 is 14.8 Å². The molecule has 6 heteroatoms. The van der Waals surface area contributed by atoms with Crippen molar-refractivity contribution in [3.05, 3.63) is 38.9 Å². The molecule has 0 fully saturated rings. The summed E-state index contributed by atoms with van der Waals surface area (Å²) in [5.41, 5.74) is -0.739. The highest BCUT2D eigenvalue weighted by atomic mass is 35.5. The zero-order valence-corrected chi connectivity index (χ0v) is 11.6. The van der Waals surface area contributed by atoms with Gasteiger partial charge in [-0.25, -0.2) is 0 Å². The van der Waals surface area contributed by atoms with Gasteiger partial charge in [0.2, 0.25) is 0 Å². The molecule has 1 atom stereocenters. The first-order valence-corrected chi connectivity index (χ1v) is 6.34. The topological polar surface area (TPSA) is 80.4 Å². The molecule has 19 heavy (non-hydrogen) atoms. The lowest BCUT2D eigenvalue weighted by molar-refractivity contribution is -0.385. The second-order valence-corrected chi connectivity index (χ2v) is 5.26. The highest BCUT2D eigenvalue weighted by Crippen LogP contribution is 2.33. The fraction of sp³-hybridized carbons (Fsp3) is 0.462. The Labute approximate surface area is 116 Å². The van der Waals surface area contributed by atoms with Crippen LogP contribution in [0.3, 0.4) is 0 Å². The van der Waals surface area contributed by atoms with Gasteiger partial charge in [-0.15, -0.1) is 0 Å². The van der Waals surface area contributed by atoms with Gasteiger partial charge in [0.25, 0.3) is 5.69 Å². The van der Waals surface area contributed by atoms with Gasteiger partial charge >= 0.3 is 5.97 Å². The van der Waals surface area contributed by atoms with Crippen LogP contribution in [0, 0.1) is 15.5 Å². The molecular formula is C13H16ClNO4. The van der Waals surface area contributed by atoms with Gasteiger partial charge in [-0.1, -0.05) is 31.0 Å². The van der Waals surface area contributed by atoms with Crippen molar-refractivity contribution in [1.29, 1.82) is 0 Å². The van der Waals surface area contributed by atoms with Crippen LogP contribution in [0.1, 0.15) is 32.3 Å². The molecule has 0 saturated carbocycles. The van der Waals surface area contributed by atoms with Gasteiger partial charge in [0.1, 0.15) is 0 Å². The van der Waals surface area contributed by atoms with Crippen LogP contribution in [0.5, 0.6) is 0 Å². The van der Waals surface area contributed by atoms with Crippen LogP contribution in [0.15, 0.2) is 18.2 Å². The number of rotatable bonds is 6. The number of nitro benzene ring substituents is 1. The van der Waals surface area contributed by atoms with E-state index in [9.17, 15) is 20.0 Å². The summed E-state index contributed by atoms with van der Waals surface area (Å²) in [6.45, 7) is 3.49. The van der Waals surface area contributed by atoms with Gasteiger partial charge in [0.15, 0.2) is 0 Å². The van der Waals surface area contributed by atoms with Gasteiger partial charge in [0, 0.05) is 16.7 Å². The molecule has 5 nitrogen and oxygen atoms in total. The molecule has 0 heterocycles. The normalized spacial score (nSPS) is 13.8. The molecule has 0 spiro atoms. The SMILES string of the molecule is CCCC(C)(Cc1ccc(Cl)cc1[N+](=O)[O-])C(=O)O. The Kier molecular flexibility index (Phi) is 4.89. The van der Waals surface area contributed by atoms with Crippen molar-refractivity contribution in [3.63, 3.8) is 0 Å². The number of carboxylic acid groups (broad SMARTS) is 1. The molecule has 1 aromatic carbocycles. The Morgan fingerprint density at radius 1 is 1.53 bits per heavy atom. The maximum atomic E-state index is 11.4. The summed E-state index contributed by atoms with van der Waals surface area (Å²) >= 11 is 5.74. The minimum atomic E-state index is -1.01. The van der Waals surface area contributed by atoms with E-state index in [1.54, 1.807) is 6.92 Å². The summed E-state index contributed by atoms with van der Waals surface area (Å²) in [4.78, 5) is 21.8. The maximum Gasteiger partial charge on any atom is 0.309 e. The summed E-state index contributed by atoms with van der Waals surface area (Å²) in [5.74, 6) is -0.946. The predicted molar refractivity (Wildman–Crippen MR) is 72.5 cm³/mol. The number of halogens is 1. The zero-order valence-electron chi connectivity index (χ0n) is 10.9. The molecular weight excluding hydrogens is 270 g/mol. The Balaban J connectivity index is 3.16. The van der Waals surface area contributed by atoms with E-state index in [4.69, 9.17) is 11.6 Å². The molecule has 0 aliphatic rings. The van der Waals surface area contributed by atoms with Crippen molar-refractivity contribution in [2.45, 2.75) is 33.1 Å². The molecule has 0 aliphatic carbocycles. The van der Waals surface area contributed by atoms with E-state index in [2.05, 4.69) is 0 Å². The van der Waals surface area contributed by atoms with Gasteiger partial charge in [-0.05, 0) is 25.8 Å². The number of carboxylic acids is 1. The van der Waals surface area contributed by atoms with Crippen LogP contribution < -0.4 is 0 Å². The first-order chi connectivity index (χ1) is 8.80. The average Bonchev–Trinajstić information content (AvgIpc) is 2.31. The second-order valence-electron chi connectivity index (χ2n) is 4.82. The third kappa shape index (κ3) is 3.67. The summed E-state index contributed by atoms with van der Waals surface area (Å²) < 4.78 is 0. The molecule has 0 bridgehead atoms. The molecule has 0 aromatic heterocycles. The van der Waals surface area contributed by atoms with E-state index >= 15 is 0 Å². The minimum absolute atomic E-state index is 0.115. The third-order valence-electron chi connectivity index (χ3n) is 3.14. The molecule has 1 rings (SSSR count). The highest BCUT2D eigenvalue weighted by Gasteiger charge is 2.34. The second kappa shape index (κ2) is 6.02. The molecule has 0 radical (unpaired) electrons. The van der Waals surface area contributed by atoms with Crippen molar-refractivity contribution >= 4 is 23.3 Å². The number of benzene rings is 1. The quantitative estimate of drug-likeness (QED) is 0.638. The smallest absolute Gasteiger partial charge is 0.309 e. The van der Waals surface area contributed by atoms with E-state index in [1.807, 2.05) is 6.92 Å². The fourth-order valence-electron chi connectivity index (χ4n) is 2.10. The van der Waals surface area contributed by atoms with E-state index in [1.165, 1.54) is 18.2 Å². The Hall–Kier alpha value is -1.62. The van der Waals surface area contributed by atoms with Crippen LogP contribution in [-0.4, -0.2) is 16.0 Å². The van der Waals surface area contributed by atoms with Crippen LogP contribution >= 0.6 is 11.6 Å². The van der Waals surface area contributed by atoms with Crippen molar-refractivity contribution in [2.24, 2.45) is 5.41 Å². The molecule has 1 unspecified atom stereocenters. The summed E-state index contributed by atoms with van der Waals surface area (Å²) in [6.07, 6.45) is 1.27. The Morgan fingerprint density at radius 2 is 2.16 bits per heavy atom. The largest absolute Gasteiger partial charge is 0.481 e. The number of hydrogen-bond acceptors (Lipinski definition) is 3. The minimum Gasteiger partial charge on any atom is -0.481 e. The lowest BCUT2D eigenvalue weighted by Crippen LogP contribution is -2.30. The summed E-state index contributed by atoms with van der Waals surface area (Å²) in [7, 11) is 0. The van der Waals surface area contributed by atoms with Crippen molar-refractivity contribution in [2.75, 3.05) is 0 Å². The van der Waals surface area contributed by atoms with E-state index < -0.39 is 16.3 Å². The monoisotopic (exact) mass is 285 g/mol. The zero-order chi connectivity index (χ0) is 14.6.